The van der Waals surface area contributed by atoms with Crippen LogP contribution in [-0.2, 0) is 15.6 Å². The van der Waals surface area contributed by atoms with Gasteiger partial charge in [0.1, 0.15) is 0 Å². The number of hydrogen-bond acceptors (Lipinski definition) is 4. The molecule has 2 rings (SSSR count). The second kappa shape index (κ2) is 5.75. The lowest BCUT2D eigenvalue weighted by molar-refractivity contribution is 0.0999. The Labute approximate surface area is 127 Å². The summed E-state index contributed by atoms with van der Waals surface area (Å²) in [5, 5.41) is 0.166. The number of carbonyl (C=O) groups is 1. The van der Waals surface area contributed by atoms with E-state index in [0.29, 0.717) is 11.3 Å². The fraction of sp³-hybridized carbons (Fsp3) is 0.0714. The van der Waals surface area contributed by atoms with Crippen molar-refractivity contribution in [3.8, 4) is 0 Å². The number of benzene rings is 2. The number of amides is 1. The molecule has 0 aliphatic carbocycles. The van der Waals surface area contributed by atoms with Gasteiger partial charge in [0.2, 0.25) is 5.91 Å². The third-order valence-corrected chi connectivity index (χ3v) is 4.95. The Bertz CT molecular complexity index is 804. The molecular weight excluding hydrogens is 312 g/mol. The number of rotatable bonds is 4. The number of halogens is 1. The summed E-state index contributed by atoms with van der Waals surface area (Å²) in [4.78, 5) is 11.4. The van der Waals surface area contributed by atoms with Gasteiger partial charge in [-0.25, -0.2) is 8.42 Å². The summed E-state index contributed by atoms with van der Waals surface area (Å²) >= 11 is 5.84. The largest absolute Gasteiger partial charge is 0.398 e. The van der Waals surface area contributed by atoms with Crippen LogP contribution < -0.4 is 11.5 Å². The van der Waals surface area contributed by atoms with Crippen molar-refractivity contribution in [1.82, 2.24) is 0 Å². The first-order chi connectivity index (χ1) is 9.81. The van der Waals surface area contributed by atoms with Gasteiger partial charge in [-0.1, -0.05) is 29.8 Å². The molecule has 5 nitrogen and oxygen atoms in total. The van der Waals surface area contributed by atoms with Crippen LogP contribution in [-0.4, -0.2) is 14.3 Å². The predicted octanol–water partition coefficient (Wildman–Crippen LogP) is 2.00. The van der Waals surface area contributed by atoms with Gasteiger partial charge in [-0.15, -0.1) is 0 Å². The molecule has 0 aliphatic heterocycles. The van der Waals surface area contributed by atoms with E-state index in [0.717, 1.165) is 0 Å². The molecule has 0 fully saturated rings. The fourth-order valence-electron chi connectivity index (χ4n) is 1.88. The van der Waals surface area contributed by atoms with Crippen molar-refractivity contribution in [1.29, 1.82) is 0 Å². The number of hydrogen-bond donors (Lipinski definition) is 2. The second-order valence-electron chi connectivity index (χ2n) is 4.46. The summed E-state index contributed by atoms with van der Waals surface area (Å²) < 4.78 is 24.8. The van der Waals surface area contributed by atoms with Gasteiger partial charge in [0.25, 0.3) is 0 Å². The highest BCUT2D eigenvalue weighted by Crippen LogP contribution is 2.25. The Morgan fingerprint density at radius 1 is 1.14 bits per heavy atom. The van der Waals surface area contributed by atoms with Gasteiger partial charge in [0.15, 0.2) is 9.84 Å². The van der Waals surface area contributed by atoms with Crippen molar-refractivity contribution >= 4 is 33.0 Å². The molecule has 110 valence electrons. The molecule has 0 aromatic heterocycles. The summed E-state index contributed by atoms with van der Waals surface area (Å²) in [6.45, 7) is 0. The summed E-state index contributed by atoms with van der Waals surface area (Å²) in [5.74, 6) is -1.01. The predicted molar refractivity (Wildman–Crippen MR) is 81.7 cm³/mol. The molecule has 2 aromatic carbocycles. The molecule has 0 aliphatic rings. The topological polar surface area (TPSA) is 103 Å². The van der Waals surface area contributed by atoms with Gasteiger partial charge in [-0.2, -0.15) is 0 Å². The molecule has 7 heteroatoms. The van der Waals surface area contributed by atoms with E-state index in [1.54, 1.807) is 18.2 Å². The van der Waals surface area contributed by atoms with Gasteiger partial charge in [0, 0.05) is 5.56 Å². The van der Waals surface area contributed by atoms with E-state index in [-0.39, 0.29) is 21.2 Å². The van der Waals surface area contributed by atoms with E-state index in [1.807, 2.05) is 0 Å². The van der Waals surface area contributed by atoms with E-state index in [9.17, 15) is 13.2 Å². The Balaban J connectivity index is 2.42. The minimum Gasteiger partial charge on any atom is -0.398 e. The maximum absolute atomic E-state index is 12.4. The maximum Gasteiger partial charge on any atom is 0.249 e. The first-order valence-corrected chi connectivity index (χ1v) is 8.00. The maximum atomic E-state index is 12.4. The lowest BCUT2D eigenvalue weighted by Crippen LogP contribution is -2.16. The van der Waals surface area contributed by atoms with Gasteiger partial charge in [-0.3, -0.25) is 4.79 Å². The first kappa shape index (κ1) is 15.3. The Hall–Kier alpha value is -2.05. The van der Waals surface area contributed by atoms with Crippen molar-refractivity contribution in [2.75, 3.05) is 5.73 Å². The van der Waals surface area contributed by atoms with Gasteiger partial charge in [0.05, 0.1) is 21.4 Å². The van der Waals surface area contributed by atoms with Crippen LogP contribution in [0.15, 0.2) is 47.4 Å². The molecule has 0 saturated carbocycles. The average Bonchev–Trinajstić information content (AvgIpc) is 2.41. The molecule has 0 spiro atoms. The number of sulfone groups is 1. The Kier molecular flexibility index (Phi) is 4.20. The lowest BCUT2D eigenvalue weighted by atomic mass is 10.1. The smallest absolute Gasteiger partial charge is 0.249 e. The zero-order valence-corrected chi connectivity index (χ0v) is 12.5. The van der Waals surface area contributed by atoms with Crippen molar-refractivity contribution < 1.29 is 13.2 Å². The minimum absolute atomic E-state index is 0.0426. The summed E-state index contributed by atoms with van der Waals surface area (Å²) in [5.41, 5.74) is 11.6. The van der Waals surface area contributed by atoms with Gasteiger partial charge in [-0.05, 0) is 29.8 Å². The van der Waals surface area contributed by atoms with Crippen LogP contribution in [0.3, 0.4) is 0 Å². The highest BCUT2D eigenvalue weighted by atomic mass is 35.5. The van der Waals surface area contributed by atoms with Crippen LogP contribution in [0, 0.1) is 0 Å². The third-order valence-electron chi connectivity index (χ3n) is 2.96. The average molecular weight is 325 g/mol. The third kappa shape index (κ3) is 3.34. The molecule has 0 radical (unpaired) electrons. The monoisotopic (exact) mass is 324 g/mol. The molecule has 2 aromatic rings. The summed E-state index contributed by atoms with van der Waals surface area (Å²) in [6.07, 6.45) is 0. The highest BCUT2D eigenvalue weighted by Gasteiger charge is 2.19. The van der Waals surface area contributed by atoms with E-state index < -0.39 is 15.7 Å². The summed E-state index contributed by atoms with van der Waals surface area (Å²) in [6, 6.07) is 10.4. The minimum atomic E-state index is -3.66. The zero-order chi connectivity index (χ0) is 15.6. The van der Waals surface area contributed by atoms with Crippen LogP contribution in [0.5, 0.6) is 0 Å². The van der Waals surface area contributed by atoms with Gasteiger partial charge < -0.3 is 11.5 Å². The molecule has 0 atom stereocenters. The standard InChI is InChI=1S/C14H13ClN2O3S/c15-12-7-10(5-6-13(12)16)21(19,20)8-9-3-1-2-4-11(9)14(17)18/h1-7H,8,16H2,(H2,17,18). The van der Waals surface area contributed by atoms with Crippen LogP contribution in [0.4, 0.5) is 5.69 Å². The zero-order valence-electron chi connectivity index (χ0n) is 10.9. The van der Waals surface area contributed by atoms with Gasteiger partial charge >= 0.3 is 0 Å². The molecule has 0 heterocycles. The molecule has 0 unspecified atom stereocenters. The highest BCUT2D eigenvalue weighted by molar-refractivity contribution is 7.90. The molecular formula is C14H13ClN2O3S. The van der Waals surface area contributed by atoms with Crippen molar-refractivity contribution in [2.45, 2.75) is 10.6 Å². The van der Waals surface area contributed by atoms with Crippen LogP contribution >= 0.6 is 11.6 Å². The quantitative estimate of drug-likeness (QED) is 0.839. The molecule has 4 N–H and O–H groups in total. The lowest BCUT2D eigenvalue weighted by Gasteiger charge is -2.09. The fourth-order valence-corrected chi connectivity index (χ4v) is 3.52. The number of primary amides is 1. The second-order valence-corrected chi connectivity index (χ2v) is 6.86. The number of nitrogens with two attached hydrogens (primary N) is 2. The number of anilines is 1. The van der Waals surface area contributed by atoms with Crippen LogP contribution in [0.2, 0.25) is 5.02 Å². The number of carbonyl (C=O) groups excluding carboxylic acids is 1. The van der Waals surface area contributed by atoms with E-state index >= 15 is 0 Å². The normalized spacial score (nSPS) is 11.3. The van der Waals surface area contributed by atoms with E-state index in [1.165, 1.54) is 24.3 Å². The van der Waals surface area contributed by atoms with Crippen molar-refractivity contribution in [2.24, 2.45) is 5.73 Å². The van der Waals surface area contributed by atoms with Crippen LogP contribution in [0.1, 0.15) is 15.9 Å². The van der Waals surface area contributed by atoms with Crippen LogP contribution in [0.25, 0.3) is 0 Å². The molecule has 21 heavy (non-hydrogen) atoms. The van der Waals surface area contributed by atoms with E-state index in [2.05, 4.69) is 0 Å². The Morgan fingerprint density at radius 3 is 2.43 bits per heavy atom. The molecule has 0 bridgehead atoms. The van der Waals surface area contributed by atoms with E-state index in [4.69, 9.17) is 23.1 Å². The first-order valence-electron chi connectivity index (χ1n) is 5.97. The molecule has 0 saturated heterocycles. The SMILES string of the molecule is NC(=O)c1ccccc1CS(=O)(=O)c1ccc(N)c(Cl)c1. The Morgan fingerprint density at radius 2 is 1.81 bits per heavy atom. The summed E-state index contributed by atoms with van der Waals surface area (Å²) in [7, 11) is -3.66. The van der Waals surface area contributed by atoms with Crippen molar-refractivity contribution in [3.05, 3.63) is 58.6 Å². The molecule has 1 amide bonds. The van der Waals surface area contributed by atoms with Crippen molar-refractivity contribution in [3.63, 3.8) is 0 Å². The number of nitrogen functional groups attached to an aromatic ring is 1.